The molecule has 1 N–H and O–H groups in total. The molecule has 2 aromatic carbocycles. The lowest BCUT2D eigenvalue weighted by Crippen LogP contribution is -2.14. The van der Waals surface area contributed by atoms with Gasteiger partial charge in [0.1, 0.15) is 23.6 Å². The molecule has 0 amide bonds. The largest absolute Gasteiger partial charge is 0.487 e. The van der Waals surface area contributed by atoms with E-state index in [1.165, 1.54) is 0 Å². The summed E-state index contributed by atoms with van der Waals surface area (Å²) in [5.74, 6) is 0.299. The molecule has 1 heterocycles. The van der Waals surface area contributed by atoms with Gasteiger partial charge in [-0.3, -0.25) is 9.78 Å². The molecular weight excluding hydrogens is 316 g/mol. The van der Waals surface area contributed by atoms with Crippen molar-refractivity contribution in [3.05, 3.63) is 71.9 Å². The summed E-state index contributed by atoms with van der Waals surface area (Å²) in [5, 5.41) is 12.8. The fourth-order valence-corrected chi connectivity index (χ4v) is 2.63. The first-order valence-electron chi connectivity index (χ1n) is 8.04. The van der Waals surface area contributed by atoms with Crippen LogP contribution in [0.1, 0.15) is 29.3 Å². The maximum absolute atomic E-state index is 12.6. The molecule has 0 aliphatic carbocycles. The van der Waals surface area contributed by atoms with E-state index in [1.54, 1.807) is 31.3 Å². The summed E-state index contributed by atoms with van der Waals surface area (Å²) < 4.78 is 5.90. The highest BCUT2D eigenvalue weighted by atomic mass is 16.5. The maximum Gasteiger partial charge on any atom is 0.211 e. The average Bonchev–Trinajstić information content (AvgIpc) is 2.67. The van der Waals surface area contributed by atoms with Gasteiger partial charge in [-0.1, -0.05) is 48.5 Å². The number of pyridine rings is 1. The lowest BCUT2D eigenvalue weighted by Gasteiger charge is -2.11. The van der Waals surface area contributed by atoms with Gasteiger partial charge in [-0.2, -0.15) is 0 Å². The Morgan fingerprint density at radius 3 is 2.64 bits per heavy atom. The fourth-order valence-electron chi connectivity index (χ4n) is 2.63. The van der Waals surface area contributed by atoms with Crippen LogP contribution < -0.4 is 4.74 Å². The van der Waals surface area contributed by atoms with Gasteiger partial charge in [0.05, 0.1) is 0 Å². The Hall–Kier alpha value is -3.21. The van der Waals surface area contributed by atoms with Crippen molar-refractivity contribution in [1.29, 1.82) is 0 Å². The van der Waals surface area contributed by atoms with Crippen molar-refractivity contribution < 1.29 is 14.7 Å². The van der Waals surface area contributed by atoms with Crippen molar-refractivity contribution in [3.8, 4) is 5.75 Å². The zero-order valence-electron chi connectivity index (χ0n) is 13.8. The Bertz CT molecular complexity index is 921. The molecule has 0 aliphatic heterocycles. The van der Waals surface area contributed by atoms with Gasteiger partial charge < -0.3 is 9.94 Å². The van der Waals surface area contributed by atoms with E-state index < -0.39 is 0 Å². The van der Waals surface area contributed by atoms with E-state index in [-0.39, 0.29) is 11.5 Å². The Morgan fingerprint density at radius 2 is 1.92 bits per heavy atom. The number of benzene rings is 2. The molecule has 0 bridgehead atoms. The third-order valence-electron chi connectivity index (χ3n) is 3.93. The van der Waals surface area contributed by atoms with E-state index in [0.29, 0.717) is 35.2 Å². The van der Waals surface area contributed by atoms with Crippen LogP contribution in [0.4, 0.5) is 0 Å². The molecular formula is C20H18N2O3. The Kier molecular flexibility index (Phi) is 5.04. The minimum Gasteiger partial charge on any atom is -0.487 e. The smallest absolute Gasteiger partial charge is 0.211 e. The number of aromatic nitrogens is 1. The Balaban J connectivity index is 1.97. The molecule has 5 nitrogen and oxygen atoms in total. The predicted molar refractivity (Wildman–Crippen MR) is 96.4 cm³/mol. The van der Waals surface area contributed by atoms with E-state index in [9.17, 15) is 4.79 Å². The fraction of sp³-hybridized carbons (Fsp3) is 0.150. The molecule has 0 aliphatic rings. The van der Waals surface area contributed by atoms with Crippen LogP contribution in [0, 0.1) is 0 Å². The number of nitrogens with zero attached hydrogens (tertiary/aromatic N) is 2. The maximum atomic E-state index is 12.6. The highest BCUT2D eigenvalue weighted by molar-refractivity contribution is 6.47. The highest BCUT2D eigenvalue weighted by Crippen LogP contribution is 2.28. The molecule has 0 radical (unpaired) electrons. The van der Waals surface area contributed by atoms with Crippen molar-refractivity contribution in [2.45, 2.75) is 20.0 Å². The van der Waals surface area contributed by atoms with Crippen LogP contribution in [0.15, 0.2) is 65.9 Å². The molecule has 0 fully saturated rings. The summed E-state index contributed by atoms with van der Waals surface area (Å²) in [5.41, 5.74) is 2.22. The first kappa shape index (κ1) is 16.6. The zero-order valence-corrected chi connectivity index (χ0v) is 13.8. The molecule has 3 aromatic rings. The molecule has 0 unspecified atom stereocenters. The quantitative estimate of drug-likeness (QED) is 0.317. The minimum absolute atomic E-state index is 0.114. The summed E-state index contributed by atoms with van der Waals surface area (Å²) >= 11 is 0. The third kappa shape index (κ3) is 3.50. The topological polar surface area (TPSA) is 71.8 Å². The number of ketones is 1. The van der Waals surface area contributed by atoms with Crippen LogP contribution >= 0.6 is 0 Å². The predicted octanol–water partition coefficient (Wildman–Crippen LogP) is 4.24. The summed E-state index contributed by atoms with van der Waals surface area (Å²) in [6.07, 6.45) is 2.01. The van der Waals surface area contributed by atoms with Crippen LogP contribution in [0.2, 0.25) is 0 Å². The van der Waals surface area contributed by atoms with Crippen LogP contribution in [-0.2, 0) is 6.61 Å². The van der Waals surface area contributed by atoms with Gasteiger partial charge in [-0.15, -0.1) is 0 Å². The highest BCUT2D eigenvalue weighted by Gasteiger charge is 2.18. The molecule has 0 atom stereocenters. The van der Waals surface area contributed by atoms with Gasteiger partial charge >= 0.3 is 0 Å². The van der Waals surface area contributed by atoms with Gasteiger partial charge in [0.15, 0.2) is 0 Å². The number of oxime groups is 1. The number of carbonyl (C=O) groups is 1. The van der Waals surface area contributed by atoms with E-state index in [2.05, 4.69) is 10.1 Å². The first-order valence-corrected chi connectivity index (χ1v) is 8.04. The normalized spacial score (nSPS) is 11.5. The van der Waals surface area contributed by atoms with Gasteiger partial charge in [0.2, 0.25) is 5.78 Å². The lowest BCUT2D eigenvalue weighted by atomic mass is 10.00. The van der Waals surface area contributed by atoms with Gasteiger partial charge in [-0.25, -0.2) is 0 Å². The summed E-state index contributed by atoms with van der Waals surface area (Å²) in [6.45, 7) is 2.18. The van der Waals surface area contributed by atoms with Crippen LogP contribution in [0.3, 0.4) is 0 Å². The van der Waals surface area contributed by atoms with E-state index in [0.717, 1.165) is 5.56 Å². The number of ether oxygens (including phenoxy) is 1. The van der Waals surface area contributed by atoms with Crippen LogP contribution in [0.5, 0.6) is 5.75 Å². The van der Waals surface area contributed by atoms with Crippen LogP contribution in [-0.4, -0.2) is 21.7 Å². The van der Waals surface area contributed by atoms with Crippen LogP contribution in [0.25, 0.3) is 10.9 Å². The summed E-state index contributed by atoms with van der Waals surface area (Å²) in [4.78, 5) is 16.9. The molecule has 126 valence electrons. The number of carbonyl (C=O) groups excluding carboxylic acids is 1. The van der Waals surface area contributed by atoms with E-state index >= 15 is 0 Å². The zero-order chi connectivity index (χ0) is 17.6. The lowest BCUT2D eigenvalue weighted by molar-refractivity contribution is 0.106. The van der Waals surface area contributed by atoms with Crippen molar-refractivity contribution in [2.75, 3.05) is 0 Å². The van der Waals surface area contributed by atoms with Crippen molar-refractivity contribution in [2.24, 2.45) is 5.16 Å². The molecule has 0 spiro atoms. The SMILES string of the molecule is CCC(=NO)C(=O)c1ccc(OCc2ccccc2)c2ncccc12. The van der Waals surface area contributed by atoms with E-state index in [4.69, 9.17) is 9.94 Å². The van der Waals surface area contributed by atoms with Crippen molar-refractivity contribution in [1.82, 2.24) is 4.98 Å². The van der Waals surface area contributed by atoms with Crippen molar-refractivity contribution >= 4 is 22.4 Å². The van der Waals surface area contributed by atoms with Gasteiger partial charge in [0, 0.05) is 17.1 Å². The number of Topliss-reactive ketones (excluding diaryl/α,β-unsaturated/α-hetero) is 1. The number of hydrogen-bond acceptors (Lipinski definition) is 5. The number of rotatable bonds is 6. The number of fused-ring (bicyclic) bond motifs is 1. The minimum atomic E-state index is -0.308. The molecule has 1 aromatic heterocycles. The van der Waals surface area contributed by atoms with Gasteiger partial charge in [0.25, 0.3) is 0 Å². The standard InChI is InChI=1S/C20H18N2O3/c1-2-17(22-24)20(23)16-10-11-18(19-15(16)9-6-12-21-19)25-13-14-7-4-3-5-8-14/h3-12,24H,2,13H2,1H3. The second-order valence-electron chi connectivity index (χ2n) is 5.51. The Morgan fingerprint density at radius 1 is 1.12 bits per heavy atom. The second kappa shape index (κ2) is 7.57. The summed E-state index contributed by atoms with van der Waals surface area (Å²) in [6, 6.07) is 16.8. The van der Waals surface area contributed by atoms with E-state index in [1.807, 2.05) is 36.4 Å². The average molecular weight is 334 g/mol. The molecule has 5 heteroatoms. The number of hydrogen-bond donors (Lipinski definition) is 1. The third-order valence-corrected chi connectivity index (χ3v) is 3.93. The first-order chi connectivity index (χ1) is 12.2. The molecule has 25 heavy (non-hydrogen) atoms. The monoisotopic (exact) mass is 334 g/mol. The molecule has 0 saturated carbocycles. The molecule has 0 saturated heterocycles. The van der Waals surface area contributed by atoms with Crippen molar-refractivity contribution in [3.63, 3.8) is 0 Å². The summed E-state index contributed by atoms with van der Waals surface area (Å²) in [7, 11) is 0. The van der Waals surface area contributed by atoms with Gasteiger partial charge in [-0.05, 0) is 30.2 Å². The molecule has 3 rings (SSSR count). The second-order valence-corrected chi connectivity index (χ2v) is 5.51. The Labute approximate surface area is 145 Å².